The molecule has 2 amide bonds. The molecule has 110 valence electrons. The van der Waals surface area contributed by atoms with E-state index in [1.807, 2.05) is 0 Å². The molecule has 1 fully saturated rings. The lowest BCUT2D eigenvalue weighted by atomic mass is 9.98. The van der Waals surface area contributed by atoms with Crippen LogP contribution in [0.25, 0.3) is 0 Å². The smallest absolute Gasteiger partial charge is 0.325 e. The Bertz CT molecular complexity index is 479. The van der Waals surface area contributed by atoms with Crippen LogP contribution in [0.2, 0.25) is 0 Å². The van der Waals surface area contributed by atoms with Crippen molar-refractivity contribution >= 4 is 6.03 Å². The first-order valence-corrected chi connectivity index (χ1v) is 5.96. The molecule has 0 bridgehead atoms. The summed E-state index contributed by atoms with van der Waals surface area (Å²) in [6, 6.07) is -0.611. The van der Waals surface area contributed by atoms with Gasteiger partial charge in [-0.3, -0.25) is 4.90 Å². The lowest BCUT2D eigenvalue weighted by Gasteiger charge is -2.31. The van der Waals surface area contributed by atoms with Crippen molar-refractivity contribution in [1.82, 2.24) is 15.1 Å². The Labute approximate surface area is 113 Å². The second-order valence-corrected chi connectivity index (χ2v) is 4.66. The predicted octanol–water partition coefficient (Wildman–Crippen LogP) is -1.56. The van der Waals surface area contributed by atoms with Crippen molar-refractivity contribution in [3.8, 4) is 0 Å². The van der Waals surface area contributed by atoms with Crippen molar-refractivity contribution in [1.29, 1.82) is 5.53 Å². The van der Waals surface area contributed by atoms with Gasteiger partial charge in [0.1, 0.15) is 30.7 Å². The van der Waals surface area contributed by atoms with Crippen LogP contribution in [0.5, 0.6) is 0 Å². The zero-order chi connectivity index (χ0) is 14.9. The number of carbonyl (C=O) groups excluding carboxylic acids is 1. The standard InChI is InChI=1S/C10H15N5O5/c1-5-7(18)10(4-16,13-14-11)20-8(5)15-3-2-6(17)12-9(15)19/h2-3,5-8,11,16-18H,4H2,1H3/p+1/t5-,6?,7-,8+,10+/m0/s1. The van der Waals surface area contributed by atoms with Crippen molar-refractivity contribution in [3.05, 3.63) is 12.3 Å². The monoisotopic (exact) mass is 286 g/mol. The van der Waals surface area contributed by atoms with Crippen molar-refractivity contribution in [3.63, 3.8) is 0 Å². The fourth-order valence-electron chi connectivity index (χ4n) is 2.28. The average Bonchev–Trinajstić information content (AvgIpc) is 2.65. The van der Waals surface area contributed by atoms with E-state index in [2.05, 4.69) is 15.3 Å². The Morgan fingerprint density at radius 2 is 2.35 bits per heavy atom. The molecule has 0 spiro atoms. The summed E-state index contributed by atoms with van der Waals surface area (Å²) in [4.78, 5) is 15.7. The van der Waals surface area contributed by atoms with Gasteiger partial charge in [0.15, 0.2) is 5.11 Å². The fraction of sp³-hybridized carbons (Fsp3) is 0.700. The predicted molar refractivity (Wildman–Crippen MR) is 62.7 cm³/mol. The summed E-state index contributed by atoms with van der Waals surface area (Å²) >= 11 is 0. The minimum Gasteiger partial charge on any atom is -0.391 e. The third kappa shape index (κ3) is 2.19. The highest BCUT2D eigenvalue weighted by atomic mass is 16.6. The third-order valence-corrected chi connectivity index (χ3v) is 3.39. The van der Waals surface area contributed by atoms with Crippen LogP contribution >= 0.6 is 0 Å². The highest BCUT2D eigenvalue weighted by Crippen LogP contribution is 2.38. The number of carbonyl (C=O) groups is 1. The largest absolute Gasteiger partial charge is 0.391 e. The highest BCUT2D eigenvalue weighted by Gasteiger charge is 2.59. The zero-order valence-corrected chi connectivity index (χ0v) is 10.7. The summed E-state index contributed by atoms with van der Waals surface area (Å²) in [5.41, 5.74) is 4.98. The van der Waals surface area contributed by atoms with Crippen LogP contribution in [0.4, 0.5) is 4.79 Å². The first kappa shape index (κ1) is 14.6. The topological polar surface area (TPSA) is 153 Å². The summed E-state index contributed by atoms with van der Waals surface area (Å²) in [6.45, 7) is 0.928. The normalized spacial score (nSPS) is 40.4. The number of hydrogen-bond acceptors (Lipinski definition) is 7. The molecule has 10 heteroatoms. The summed E-state index contributed by atoms with van der Waals surface area (Å²) in [5.74, 6) is -0.585. The molecule has 5 N–H and O–H groups in total. The molecule has 10 nitrogen and oxygen atoms in total. The molecule has 0 aromatic rings. The van der Waals surface area contributed by atoms with Crippen molar-refractivity contribution in [2.24, 2.45) is 11.0 Å². The fourth-order valence-corrected chi connectivity index (χ4v) is 2.28. The van der Waals surface area contributed by atoms with Crippen LogP contribution in [-0.2, 0) is 4.74 Å². The van der Waals surface area contributed by atoms with Gasteiger partial charge >= 0.3 is 6.03 Å². The van der Waals surface area contributed by atoms with Crippen molar-refractivity contribution in [2.45, 2.75) is 31.2 Å². The third-order valence-electron chi connectivity index (χ3n) is 3.39. The first-order valence-electron chi connectivity index (χ1n) is 5.96. The number of amides is 2. The molecule has 0 aromatic heterocycles. The number of hydrogen-bond donors (Lipinski definition) is 5. The Morgan fingerprint density at radius 3 is 2.90 bits per heavy atom. The van der Waals surface area contributed by atoms with E-state index in [4.69, 9.17) is 10.3 Å². The van der Waals surface area contributed by atoms with E-state index in [0.717, 1.165) is 4.90 Å². The SMILES string of the molecule is C[C@@H]1[C@H](N2C=CC(O)NC2=O)O[C@@](CO)(N=[N+]=N)[C@H]1O. The van der Waals surface area contributed by atoms with Gasteiger partial charge in [0, 0.05) is 12.1 Å². The van der Waals surface area contributed by atoms with Gasteiger partial charge in [0.05, 0.1) is 0 Å². The molecule has 1 saturated heterocycles. The molecular weight excluding hydrogens is 270 g/mol. The van der Waals surface area contributed by atoms with E-state index in [1.165, 1.54) is 12.3 Å². The quantitative estimate of drug-likeness (QED) is 0.313. The van der Waals surface area contributed by atoms with Crippen LogP contribution in [0.3, 0.4) is 0 Å². The van der Waals surface area contributed by atoms with Gasteiger partial charge in [-0.25, -0.2) is 4.79 Å². The molecule has 1 unspecified atom stereocenters. The van der Waals surface area contributed by atoms with Crippen LogP contribution < -0.4 is 10.2 Å². The molecule has 0 aromatic carbocycles. The lowest BCUT2D eigenvalue weighted by molar-refractivity contribution is -0.131. The molecular formula is C10H16N5O5+. The van der Waals surface area contributed by atoms with Crippen LogP contribution in [0.1, 0.15) is 6.92 Å². The minimum absolute atomic E-state index is 0.585. The summed E-state index contributed by atoms with van der Waals surface area (Å²) in [6.07, 6.45) is -0.584. The van der Waals surface area contributed by atoms with Crippen molar-refractivity contribution in [2.75, 3.05) is 6.61 Å². The Balaban J connectivity index is 2.29. The molecule has 0 saturated carbocycles. The van der Waals surface area contributed by atoms with Crippen LogP contribution in [0.15, 0.2) is 17.4 Å². The zero-order valence-electron chi connectivity index (χ0n) is 10.7. The molecule has 2 aliphatic heterocycles. The number of ether oxygens (including phenoxy) is 1. The van der Waals surface area contributed by atoms with E-state index in [0.29, 0.717) is 0 Å². The summed E-state index contributed by atoms with van der Waals surface area (Å²) in [7, 11) is 0. The van der Waals surface area contributed by atoms with Crippen molar-refractivity contribution < 1.29 is 24.9 Å². The maximum atomic E-state index is 11.8. The number of rotatable bonds is 3. The average molecular weight is 286 g/mol. The number of aliphatic hydroxyl groups excluding tert-OH is 3. The van der Waals surface area contributed by atoms with Gasteiger partial charge < -0.3 is 25.4 Å². The van der Waals surface area contributed by atoms with Gasteiger partial charge in [-0.2, -0.15) is 0 Å². The minimum atomic E-state index is -1.77. The van der Waals surface area contributed by atoms with Crippen LogP contribution in [-0.4, -0.2) is 57.1 Å². The molecule has 2 rings (SSSR count). The van der Waals surface area contributed by atoms with E-state index in [9.17, 15) is 20.1 Å². The van der Waals surface area contributed by atoms with Gasteiger partial charge in [-0.05, 0) is 6.08 Å². The molecule has 2 aliphatic rings. The van der Waals surface area contributed by atoms with E-state index in [-0.39, 0.29) is 0 Å². The summed E-state index contributed by atoms with van der Waals surface area (Å²) in [5, 5.41) is 34.4. The molecule has 0 radical (unpaired) electrons. The highest BCUT2D eigenvalue weighted by molar-refractivity contribution is 5.77. The second-order valence-electron chi connectivity index (χ2n) is 4.66. The van der Waals surface area contributed by atoms with E-state index < -0.39 is 42.8 Å². The first-order chi connectivity index (χ1) is 9.45. The maximum absolute atomic E-state index is 11.8. The van der Waals surface area contributed by atoms with Gasteiger partial charge in [-0.1, -0.05) is 6.92 Å². The van der Waals surface area contributed by atoms with Gasteiger partial charge in [0.2, 0.25) is 4.91 Å². The van der Waals surface area contributed by atoms with E-state index >= 15 is 0 Å². The number of aliphatic hydroxyl groups is 3. The van der Waals surface area contributed by atoms with Crippen LogP contribution in [0, 0.1) is 11.4 Å². The Hall–Kier alpha value is -1.84. The Kier molecular flexibility index (Phi) is 3.84. The van der Waals surface area contributed by atoms with Gasteiger partial charge in [0.25, 0.3) is 5.72 Å². The number of nitrogens with zero attached hydrogens (tertiary/aromatic N) is 3. The summed E-state index contributed by atoms with van der Waals surface area (Å²) < 4.78 is 5.46. The molecule has 5 atom stereocenters. The number of urea groups is 1. The maximum Gasteiger partial charge on any atom is 0.325 e. The lowest BCUT2D eigenvalue weighted by Crippen LogP contribution is -2.51. The molecule has 20 heavy (non-hydrogen) atoms. The van der Waals surface area contributed by atoms with Gasteiger partial charge in [-0.15, -0.1) is 0 Å². The second kappa shape index (κ2) is 5.27. The molecule has 2 heterocycles. The Morgan fingerprint density at radius 1 is 1.65 bits per heavy atom. The molecule has 0 aliphatic carbocycles. The number of nitrogens with one attached hydrogen (secondary N) is 2. The van der Waals surface area contributed by atoms with E-state index in [1.54, 1.807) is 6.92 Å².